The van der Waals surface area contributed by atoms with E-state index in [2.05, 4.69) is 17.4 Å². The first kappa shape index (κ1) is 11.5. The van der Waals surface area contributed by atoms with E-state index in [1.165, 1.54) is 31.2 Å². The molecule has 4 atom stereocenters. The summed E-state index contributed by atoms with van der Waals surface area (Å²) in [6.07, 6.45) is 6.34. The molecule has 4 unspecified atom stereocenters. The largest absolute Gasteiger partial charge is 0.384 e. The van der Waals surface area contributed by atoms with E-state index in [0.717, 1.165) is 30.5 Å². The number of carbonyl (C=O) groups excluding carboxylic acids is 1. The van der Waals surface area contributed by atoms with Crippen molar-refractivity contribution in [1.82, 2.24) is 0 Å². The first-order chi connectivity index (χ1) is 9.31. The number of hydrogen-bond acceptors (Lipinski definition) is 2. The van der Waals surface area contributed by atoms with Gasteiger partial charge in [0.2, 0.25) is 0 Å². The van der Waals surface area contributed by atoms with Crippen LogP contribution in [0.1, 0.15) is 43.6 Å². The molecule has 2 heteroatoms. The second-order valence-corrected chi connectivity index (χ2v) is 6.63. The summed E-state index contributed by atoms with van der Waals surface area (Å²) in [7, 11) is 0. The maximum absolute atomic E-state index is 12.6. The number of carbonyl (C=O) groups is 1. The highest BCUT2D eigenvalue weighted by Crippen LogP contribution is 2.50. The molecule has 2 nitrogen and oxygen atoms in total. The highest BCUT2D eigenvalue weighted by Gasteiger charge is 2.41. The van der Waals surface area contributed by atoms with E-state index in [-0.39, 0.29) is 5.92 Å². The van der Waals surface area contributed by atoms with Crippen molar-refractivity contribution in [3.05, 3.63) is 29.8 Å². The highest BCUT2D eigenvalue weighted by atomic mass is 16.1. The number of fused-ring (bicyclic) bond motifs is 3. The molecular formula is C17H21NO. The molecule has 3 aliphatic rings. The molecule has 4 rings (SSSR count). The van der Waals surface area contributed by atoms with E-state index < -0.39 is 0 Å². The lowest BCUT2D eigenvalue weighted by Crippen LogP contribution is -2.21. The van der Waals surface area contributed by atoms with Crippen LogP contribution in [0.3, 0.4) is 0 Å². The minimum absolute atomic E-state index is 0.107. The van der Waals surface area contributed by atoms with E-state index in [4.69, 9.17) is 0 Å². The fraction of sp³-hybridized carbons (Fsp3) is 0.588. The highest BCUT2D eigenvalue weighted by molar-refractivity contribution is 5.90. The summed E-state index contributed by atoms with van der Waals surface area (Å²) in [6, 6.07) is 8.27. The minimum atomic E-state index is 0.107. The number of anilines is 1. The smallest absolute Gasteiger partial charge is 0.142 e. The van der Waals surface area contributed by atoms with Gasteiger partial charge in [0.05, 0.1) is 5.92 Å². The fourth-order valence-corrected chi connectivity index (χ4v) is 4.60. The van der Waals surface area contributed by atoms with Crippen LogP contribution in [0.5, 0.6) is 0 Å². The van der Waals surface area contributed by atoms with E-state index >= 15 is 0 Å². The summed E-state index contributed by atoms with van der Waals surface area (Å²) in [6.45, 7) is 0.805. The van der Waals surface area contributed by atoms with Gasteiger partial charge in [-0.25, -0.2) is 0 Å². The summed E-state index contributed by atoms with van der Waals surface area (Å²) in [5.74, 6) is 3.07. The van der Waals surface area contributed by atoms with Crippen LogP contribution in [0, 0.1) is 17.8 Å². The molecule has 0 radical (unpaired) electrons. The predicted molar refractivity (Wildman–Crippen MR) is 76.2 cm³/mol. The van der Waals surface area contributed by atoms with Gasteiger partial charge in [-0.1, -0.05) is 24.6 Å². The quantitative estimate of drug-likeness (QED) is 0.894. The third-order valence-corrected chi connectivity index (χ3v) is 5.57. The van der Waals surface area contributed by atoms with Gasteiger partial charge in [-0.15, -0.1) is 0 Å². The van der Waals surface area contributed by atoms with E-state index in [0.29, 0.717) is 11.7 Å². The first-order valence-electron chi connectivity index (χ1n) is 7.67. The van der Waals surface area contributed by atoms with Gasteiger partial charge in [-0.2, -0.15) is 0 Å². The van der Waals surface area contributed by atoms with Crippen LogP contribution < -0.4 is 5.32 Å². The molecule has 1 N–H and O–H groups in total. The van der Waals surface area contributed by atoms with E-state index in [1.54, 1.807) is 0 Å². The van der Waals surface area contributed by atoms with E-state index in [1.807, 2.05) is 12.1 Å². The Morgan fingerprint density at radius 2 is 2.11 bits per heavy atom. The number of hydrogen-bond donors (Lipinski definition) is 1. The van der Waals surface area contributed by atoms with Gasteiger partial charge in [0, 0.05) is 18.7 Å². The standard InChI is InChI=1S/C17H21NO/c19-17(9-13-8-11-5-6-12(13)7-11)15-10-18-16-4-2-1-3-14(15)16/h1-4,11-13,15,18H,5-10H2. The van der Waals surface area contributed by atoms with Crippen molar-refractivity contribution in [2.45, 2.75) is 38.0 Å². The molecule has 1 aliphatic heterocycles. The van der Waals surface area contributed by atoms with Crippen molar-refractivity contribution in [3.63, 3.8) is 0 Å². The lowest BCUT2D eigenvalue weighted by molar-refractivity contribution is -0.121. The number of nitrogens with one attached hydrogen (secondary N) is 1. The second-order valence-electron chi connectivity index (χ2n) is 6.63. The molecular weight excluding hydrogens is 234 g/mol. The Kier molecular flexibility index (Phi) is 2.64. The van der Waals surface area contributed by atoms with Gasteiger partial charge in [0.1, 0.15) is 5.78 Å². The molecule has 2 fully saturated rings. The van der Waals surface area contributed by atoms with Crippen LogP contribution in [0.25, 0.3) is 0 Å². The summed E-state index contributed by atoms with van der Waals surface area (Å²) in [5, 5.41) is 3.37. The third-order valence-electron chi connectivity index (χ3n) is 5.57. The number of rotatable bonds is 3. The Morgan fingerprint density at radius 1 is 1.21 bits per heavy atom. The maximum Gasteiger partial charge on any atom is 0.142 e. The molecule has 19 heavy (non-hydrogen) atoms. The molecule has 2 saturated carbocycles. The summed E-state index contributed by atoms with van der Waals surface area (Å²) < 4.78 is 0. The number of para-hydroxylation sites is 1. The molecule has 1 aromatic carbocycles. The lowest BCUT2D eigenvalue weighted by Gasteiger charge is -2.22. The number of benzene rings is 1. The van der Waals surface area contributed by atoms with Gasteiger partial charge < -0.3 is 5.32 Å². The maximum atomic E-state index is 12.6. The Hall–Kier alpha value is -1.31. The average Bonchev–Trinajstić information content (AvgIpc) is 3.13. The summed E-state index contributed by atoms with van der Waals surface area (Å²) >= 11 is 0. The predicted octanol–water partition coefficient (Wildman–Crippen LogP) is 3.59. The molecule has 0 spiro atoms. The van der Waals surface area contributed by atoms with Crippen molar-refractivity contribution in [2.24, 2.45) is 17.8 Å². The summed E-state index contributed by atoms with van der Waals surface area (Å²) in [4.78, 5) is 12.6. The normalized spacial score (nSPS) is 35.2. The zero-order valence-electron chi connectivity index (χ0n) is 11.3. The van der Waals surface area contributed by atoms with Crippen molar-refractivity contribution in [3.8, 4) is 0 Å². The molecule has 1 aromatic rings. The molecule has 1 heterocycles. The molecule has 2 aliphatic carbocycles. The van der Waals surface area contributed by atoms with Gasteiger partial charge in [-0.3, -0.25) is 4.79 Å². The number of Topliss-reactive ketones (excluding diaryl/α,β-unsaturated/α-hetero) is 1. The average molecular weight is 255 g/mol. The van der Waals surface area contributed by atoms with Crippen molar-refractivity contribution < 1.29 is 4.79 Å². The third kappa shape index (κ3) is 1.89. The second kappa shape index (κ2) is 4.36. The van der Waals surface area contributed by atoms with Gasteiger partial charge in [0.15, 0.2) is 0 Å². The van der Waals surface area contributed by atoms with Crippen LogP contribution in [-0.2, 0) is 4.79 Å². The zero-order chi connectivity index (χ0) is 12.8. The SMILES string of the molecule is O=C(CC1CC2CCC1C2)C1CNc2ccccc21. The van der Waals surface area contributed by atoms with Crippen LogP contribution >= 0.6 is 0 Å². The molecule has 2 bridgehead atoms. The van der Waals surface area contributed by atoms with Crippen LogP contribution in [-0.4, -0.2) is 12.3 Å². The Labute approximate surface area is 114 Å². The molecule has 0 amide bonds. The van der Waals surface area contributed by atoms with E-state index in [9.17, 15) is 4.79 Å². The first-order valence-corrected chi connectivity index (χ1v) is 7.67. The minimum Gasteiger partial charge on any atom is -0.384 e. The molecule has 0 aromatic heterocycles. The topological polar surface area (TPSA) is 29.1 Å². The fourth-order valence-electron chi connectivity index (χ4n) is 4.60. The number of ketones is 1. The lowest BCUT2D eigenvalue weighted by atomic mass is 9.82. The monoisotopic (exact) mass is 255 g/mol. The summed E-state index contributed by atoms with van der Waals surface area (Å²) in [5.41, 5.74) is 2.38. The Bertz CT molecular complexity index is 510. The van der Waals surface area contributed by atoms with Crippen LogP contribution in [0.2, 0.25) is 0 Å². The van der Waals surface area contributed by atoms with Gasteiger partial charge in [-0.05, 0) is 48.6 Å². The van der Waals surface area contributed by atoms with Crippen LogP contribution in [0.4, 0.5) is 5.69 Å². The van der Waals surface area contributed by atoms with Crippen molar-refractivity contribution in [1.29, 1.82) is 0 Å². The van der Waals surface area contributed by atoms with Gasteiger partial charge >= 0.3 is 0 Å². The molecule has 100 valence electrons. The van der Waals surface area contributed by atoms with Gasteiger partial charge in [0.25, 0.3) is 0 Å². The molecule has 0 saturated heterocycles. The van der Waals surface area contributed by atoms with Crippen molar-refractivity contribution >= 4 is 11.5 Å². The van der Waals surface area contributed by atoms with Crippen molar-refractivity contribution in [2.75, 3.05) is 11.9 Å². The Morgan fingerprint density at radius 3 is 2.89 bits per heavy atom. The zero-order valence-corrected chi connectivity index (χ0v) is 11.3. The van der Waals surface area contributed by atoms with Crippen LogP contribution in [0.15, 0.2) is 24.3 Å². The Balaban J connectivity index is 1.47.